The zero-order valence-corrected chi connectivity index (χ0v) is 12.4. The molecule has 2 aromatic heterocycles. The summed E-state index contributed by atoms with van der Waals surface area (Å²) in [5.74, 6) is 0.735. The van der Waals surface area contributed by atoms with E-state index in [1.165, 1.54) is 12.1 Å². The lowest BCUT2D eigenvalue weighted by molar-refractivity contribution is -0.141. The van der Waals surface area contributed by atoms with Crippen molar-refractivity contribution in [3.8, 4) is 0 Å². The molecule has 0 unspecified atom stereocenters. The van der Waals surface area contributed by atoms with Gasteiger partial charge in [-0.05, 0) is 19.1 Å². The quantitative estimate of drug-likeness (QED) is 0.938. The number of halogens is 3. The lowest BCUT2D eigenvalue weighted by atomic mass is 10.0. The van der Waals surface area contributed by atoms with Gasteiger partial charge in [-0.2, -0.15) is 13.2 Å². The van der Waals surface area contributed by atoms with Crippen molar-refractivity contribution >= 4 is 5.82 Å². The highest BCUT2D eigenvalue weighted by Gasteiger charge is 2.36. The molecule has 0 saturated carbocycles. The van der Waals surface area contributed by atoms with Crippen molar-refractivity contribution in [1.29, 1.82) is 0 Å². The molecule has 3 heterocycles. The van der Waals surface area contributed by atoms with Crippen LogP contribution in [-0.2, 0) is 12.6 Å². The average Bonchev–Trinajstić information content (AvgIpc) is 3.05. The van der Waals surface area contributed by atoms with Crippen molar-refractivity contribution < 1.29 is 22.8 Å². The second-order valence-electron chi connectivity index (χ2n) is 5.75. The van der Waals surface area contributed by atoms with Crippen LogP contribution in [0.4, 0.5) is 19.0 Å². The largest absolute Gasteiger partial charge is 0.433 e. The molecule has 124 valence electrons. The van der Waals surface area contributed by atoms with Gasteiger partial charge in [0.05, 0.1) is 11.8 Å². The summed E-state index contributed by atoms with van der Waals surface area (Å²) in [4.78, 5) is 5.32. The zero-order valence-electron chi connectivity index (χ0n) is 12.4. The van der Waals surface area contributed by atoms with Gasteiger partial charge < -0.3 is 14.5 Å². The fourth-order valence-electron chi connectivity index (χ4n) is 2.77. The van der Waals surface area contributed by atoms with Crippen LogP contribution in [0.25, 0.3) is 0 Å². The van der Waals surface area contributed by atoms with E-state index >= 15 is 0 Å². The second-order valence-corrected chi connectivity index (χ2v) is 5.75. The van der Waals surface area contributed by atoms with Crippen LogP contribution in [0.1, 0.15) is 17.1 Å². The molecule has 3 rings (SSSR count). The van der Waals surface area contributed by atoms with Crippen LogP contribution in [0.5, 0.6) is 0 Å². The van der Waals surface area contributed by atoms with Gasteiger partial charge in [-0.1, -0.05) is 11.2 Å². The predicted molar refractivity (Wildman–Crippen MR) is 75.9 cm³/mol. The van der Waals surface area contributed by atoms with Crippen LogP contribution in [0.2, 0.25) is 0 Å². The number of pyridine rings is 1. The monoisotopic (exact) mass is 327 g/mol. The van der Waals surface area contributed by atoms with Crippen molar-refractivity contribution in [2.24, 2.45) is 5.92 Å². The third-order valence-corrected chi connectivity index (χ3v) is 3.90. The van der Waals surface area contributed by atoms with E-state index in [0.29, 0.717) is 18.7 Å². The number of hydrogen-bond donors (Lipinski definition) is 1. The summed E-state index contributed by atoms with van der Waals surface area (Å²) in [6.07, 6.45) is -4.65. The number of anilines is 1. The Bertz CT molecular complexity index is 687. The average molecular weight is 327 g/mol. The van der Waals surface area contributed by atoms with E-state index in [1.807, 2.05) is 0 Å². The molecule has 1 fully saturated rings. The third-order valence-electron chi connectivity index (χ3n) is 3.90. The van der Waals surface area contributed by atoms with Crippen LogP contribution in [0, 0.1) is 12.8 Å². The molecule has 8 heteroatoms. The van der Waals surface area contributed by atoms with Crippen molar-refractivity contribution in [1.82, 2.24) is 10.1 Å². The molecule has 2 aromatic rings. The molecular formula is C15H16F3N3O2. The Morgan fingerprint density at radius 1 is 1.35 bits per heavy atom. The zero-order chi connectivity index (χ0) is 16.6. The minimum absolute atomic E-state index is 0.140. The van der Waals surface area contributed by atoms with Crippen molar-refractivity contribution in [3.05, 3.63) is 41.4 Å². The van der Waals surface area contributed by atoms with Gasteiger partial charge >= 0.3 is 6.18 Å². The van der Waals surface area contributed by atoms with Gasteiger partial charge in [-0.25, -0.2) is 4.98 Å². The van der Waals surface area contributed by atoms with E-state index in [2.05, 4.69) is 10.1 Å². The topological polar surface area (TPSA) is 62.4 Å². The van der Waals surface area contributed by atoms with E-state index in [0.717, 1.165) is 11.8 Å². The molecule has 5 nitrogen and oxygen atoms in total. The van der Waals surface area contributed by atoms with E-state index in [-0.39, 0.29) is 18.3 Å². The number of aromatic nitrogens is 2. The van der Waals surface area contributed by atoms with Crippen LogP contribution in [0.15, 0.2) is 28.8 Å². The first-order chi connectivity index (χ1) is 10.8. The predicted octanol–water partition coefficient (Wildman–Crippen LogP) is 2.44. The summed E-state index contributed by atoms with van der Waals surface area (Å²) in [6, 6.07) is 5.57. The highest BCUT2D eigenvalue weighted by atomic mass is 19.4. The minimum atomic E-state index is -4.48. The molecule has 0 radical (unpaired) electrons. The second kappa shape index (κ2) is 5.84. The van der Waals surface area contributed by atoms with Crippen LogP contribution in [0.3, 0.4) is 0 Å². The van der Waals surface area contributed by atoms with E-state index < -0.39 is 18.0 Å². The van der Waals surface area contributed by atoms with Gasteiger partial charge in [0.2, 0.25) is 0 Å². The Hall–Kier alpha value is -2.09. The smallest absolute Gasteiger partial charge is 0.391 e. The number of rotatable bonds is 3. The Balaban J connectivity index is 1.73. The molecule has 1 aliphatic heterocycles. The molecule has 0 bridgehead atoms. The van der Waals surface area contributed by atoms with Gasteiger partial charge in [0, 0.05) is 31.5 Å². The summed E-state index contributed by atoms with van der Waals surface area (Å²) >= 11 is 0. The lowest BCUT2D eigenvalue weighted by Gasteiger charge is -2.18. The Morgan fingerprint density at radius 2 is 2.13 bits per heavy atom. The maximum absolute atomic E-state index is 12.7. The van der Waals surface area contributed by atoms with E-state index in [1.54, 1.807) is 17.9 Å². The van der Waals surface area contributed by atoms with Crippen LogP contribution >= 0.6 is 0 Å². The molecule has 1 aliphatic rings. The maximum Gasteiger partial charge on any atom is 0.433 e. The van der Waals surface area contributed by atoms with E-state index in [9.17, 15) is 18.3 Å². The Labute approximate surface area is 130 Å². The Kier molecular flexibility index (Phi) is 4.01. The number of aliphatic hydroxyl groups excluding tert-OH is 1. The molecular weight excluding hydrogens is 311 g/mol. The highest BCUT2D eigenvalue weighted by Crippen LogP contribution is 2.31. The highest BCUT2D eigenvalue weighted by molar-refractivity contribution is 5.41. The maximum atomic E-state index is 12.7. The standard InChI is InChI=1S/C15H16F3N3O2/c1-9-5-11(23-20-9)6-10-7-21(8-12(10)22)14-4-2-3-13(19-14)15(16,17)18/h2-5,10,12,22H,6-8H2,1H3/t10-,12-/m1/s1. The summed E-state index contributed by atoms with van der Waals surface area (Å²) in [6.45, 7) is 2.46. The van der Waals surface area contributed by atoms with Gasteiger partial charge in [0.1, 0.15) is 17.3 Å². The molecule has 2 atom stereocenters. The number of hydrogen-bond acceptors (Lipinski definition) is 5. The molecule has 23 heavy (non-hydrogen) atoms. The minimum Gasteiger partial charge on any atom is -0.391 e. The van der Waals surface area contributed by atoms with Gasteiger partial charge in [-0.3, -0.25) is 0 Å². The first kappa shape index (κ1) is 15.8. The summed E-state index contributed by atoms with van der Waals surface area (Å²) < 4.78 is 43.4. The summed E-state index contributed by atoms with van der Waals surface area (Å²) in [5, 5.41) is 14.0. The van der Waals surface area contributed by atoms with Gasteiger partial charge in [-0.15, -0.1) is 0 Å². The van der Waals surface area contributed by atoms with Crippen molar-refractivity contribution in [2.75, 3.05) is 18.0 Å². The fourth-order valence-corrected chi connectivity index (χ4v) is 2.77. The van der Waals surface area contributed by atoms with Gasteiger partial charge in [0.25, 0.3) is 0 Å². The van der Waals surface area contributed by atoms with E-state index in [4.69, 9.17) is 4.52 Å². The SMILES string of the molecule is Cc1cc(C[C@@H]2CN(c3cccc(C(F)(F)F)n3)C[C@H]2O)on1. The number of alkyl halides is 3. The summed E-state index contributed by atoms with van der Waals surface area (Å²) in [5.41, 5.74) is -0.178. The van der Waals surface area contributed by atoms with Crippen LogP contribution < -0.4 is 4.90 Å². The van der Waals surface area contributed by atoms with Gasteiger partial charge in [0.15, 0.2) is 0 Å². The number of β-amino-alcohol motifs (C(OH)–C–C–N with tert-alkyl or cyclic N) is 1. The third kappa shape index (κ3) is 3.47. The van der Waals surface area contributed by atoms with Crippen LogP contribution in [-0.4, -0.2) is 34.4 Å². The molecule has 0 spiro atoms. The van der Waals surface area contributed by atoms with Crippen molar-refractivity contribution in [2.45, 2.75) is 25.6 Å². The normalized spacial score (nSPS) is 21.9. The number of aryl methyl sites for hydroxylation is 1. The number of aliphatic hydroxyl groups is 1. The lowest BCUT2D eigenvalue weighted by Crippen LogP contribution is -2.23. The first-order valence-corrected chi connectivity index (χ1v) is 7.22. The molecule has 0 aliphatic carbocycles. The Morgan fingerprint density at radius 3 is 2.78 bits per heavy atom. The molecule has 1 N–H and O–H groups in total. The van der Waals surface area contributed by atoms with Crippen molar-refractivity contribution in [3.63, 3.8) is 0 Å². The number of nitrogens with zero attached hydrogens (tertiary/aromatic N) is 3. The first-order valence-electron chi connectivity index (χ1n) is 7.22. The summed E-state index contributed by atoms with van der Waals surface area (Å²) in [7, 11) is 0. The molecule has 0 aromatic carbocycles. The molecule has 0 amide bonds. The molecule has 1 saturated heterocycles. The fraction of sp³-hybridized carbons (Fsp3) is 0.467.